The van der Waals surface area contributed by atoms with Gasteiger partial charge in [0.2, 0.25) is 0 Å². The van der Waals surface area contributed by atoms with Gasteiger partial charge in [-0.3, -0.25) is 0 Å². The Balaban J connectivity index is 2.18. The minimum Gasteiger partial charge on any atom is -0.392 e. The van der Waals surface area contributed by atoms with Gasteiger partial charge in [0.25, 0.3) is 0 Å². The molecular weight excluding hydrogens is 278 g/mol. The van der Waals surface area contributed by atoms with Gasteiger partial charge in [0.05, 0.1) is 11.5 Å². The zero-order valence-electron chi connectivity index (χ0n) is 11.4. The van der Waals surface area contributed by atoms with Crippen molar-refractivity contribution < 1.29 is 13.9 Å². The lowest BCUT2D eigenvalue weighted by atomic mass is 10.1. The van der Waals surface area contributed by atoms with E-state index in [1.165, 1.54) is 12.1 Å². The van der Waals surface area contributed by atoms with Crippen LogP contribution in [-0.2, 0) is 12.4 Å². The number of benzene rings is 2. The smallest absolute Gasteiger partial charge is 0.140 e. The molecule has 0 aromatic heterocycles. The standard InChI is InChI=1S/C16H16F2OS/c1-10-3-11(2)5-13(4-10)9-20-16-14(17)6-12(8-19)7-15(16)18/h3-7,19H,8-9H2,1-2H3. The van der Waals surface area contributed by atoms with Crippen molar-refractivity contribution in [3.63, 3.8) is 0 Å². The molecule has 0 aliphatic carbocycles. The minimum absolute atomic E-state index is 0.00126. The molecule has 106 valence electrons. The van der Waals surface area contributed by atoms with Crippen molar-refractivity contribution in [1.29, 1.82) is 0 Å². The highest BCUT2D eigenvalue weighted by Crippen LogP contribution is 2.29. The van der Waals surface area contributed by atoms with Crippen molar-refractivity contribution >= 4 is 11.8 Å². The highest BCUT2D eigenvalue weighted by molar-refractivity contribution is 7.98. The number of hydrogen-bond acceptors (Lipinski definition) is 2. The Bertz CT molecular complexity index is 583. The fraction of sp³-hybridized carbons (Fsp3) is 0.250. The van der Waals surface area contributed by atoms with Crippen LogP contribution in [0.1, 0.15) is 22.3 Å². The van der Waals surface area contributed by atoms with E-state index in [-0.39, 0.29) is 17.1 Å². The van der Waals surface area contributed by atoms with Crippen LogP contribution in [0.2, 0.25) is 0 Å². The number of halogens is 2. The second kappa shape index (κ2) is 6.37. The molecular formula is C16H16F2OS. The summed E-state index contributed by atoms with van der Waals surface area (Å²) >= 11 is 1.13. The molecule has 0 bridgehead atoms. The Kier molecular flexibility index (Phi) is 4.78. The minimum atomic E-state index is -0.622. The Morgan fingerprint density at radius 1 is 0.900 bits per heavy atom. The number of thioether (sulfide) groups is 1. The Hall–Kier alpha value is -1.39. The van der Waals surface area contributed by atoms with E-state index in [1.807, 2.05) is 26.0 Å². The molecule has 20 heavy (non-hydrogen) atoms. The van der Waals surface area contributed by atoms with Crippen LogP contribution in [0.15, 0.2) is 35.2 Å². The molecule has 0 atom stereocenters. The fourth-order valence-corrected chi connectivity index (χ4v) is 3.02. The zero-order valence-corrected chi connectivity index (χ0v) is 12.2. The SMILES string of the molecule is Cc1cc(C)cc(CSc2c(F)cc(CO)cc2F)c1. The van der Waals surface area contributed by atoms with Gasteiger partial charge in [-0.15, -0.1) is 11.8 Å². The Morgan fingerprint density at radius 3 is 1.95 bits per heavy atom. The van der Waals surface area contributed by atoms with E-state index in [0.29, 0.717) is 5.75 Å². The molecule has 0 aliphatic rings. The van der Waals surface area contributed by atoms with E-state index in [9.17, 15) is 8.78 Å². The summed E-state index contributed by atoms with van der Waals surface area (Å²) in [4.78, 5) is 0.00126. The maximum atomic E-state index is 13.8. The van der Waals surface area contributed by atoms with Gasteiger partial charge in [-0.25, -0.2) is 8.78 Å². The highest BCUT2D eigenvalue weighted by atomic mass is 32.2. The van der Waals surface area contributed by atoms with Gasteiger partial charge in [-0.2, -0.15) is 0 Å². The molecule has 2 aromatic rings. The summed E-state index contributed by atoms with van der Waals surface area (Å²) in [5.74, 6) is -0.735. The number of aryl methyl sites for hydroxylation is 2. The summed E-state index contributed by atoms with van der Waals surface area (Å²) in [6, 6.07) is 8.43. The Labute approximate surface area is 121 Å². The molecule has 0 saturated carbocycles. The lowest BCUT2D eigenvalue weighted by molar-refractivity contribution is 0.280. The lowest BCUT2D eigenvalue weighted by Crippen LogP contribution is -1.94. The van der Waals surface area contributed by atoms with Crippen LogP contribution in [0.25, 0.3) is 0 Å². The molecule has 0 fully saturated rings. The normalized spacial score (nSPS) is 10.8. The largest absolute Gasteiger partial charge is 0.392 e. The first kappa shape index (κ1) is 15.0. The van der Waals surface area contributed by atoms with Crippen molar-refractivity contribution in [3.8, 4) is 0 Å². The van der Waals surface area contributed by atoms with Gasteiger partial charge in [0, 0.05) is 5.75 Å². The van der Waals surface area contributed by atoms with Crippen LogP contribution in [0.3, 0.4) is 0 Å². The van der Waals surface area contributed by atoms with Crippen molar-refractivity contribution in [2.45, 2.75) is 31.1 Å². The van der Waals surface area contributed by atoms with Gasteiger partial charge in [-0.1, -0.05) is 29.3 Å². The van der Waals surface area contributed by atoms with Gasteiger partial charge < -0.3 is 5.11 Å². The van der Waals surface area contributed by atoms with Crippen LogP contribution in [0.4, 0.5) is 8.78 Å². The molecule has 4 heteroatoms. The molecule has 2 rings (SSSR count). The number of rotatable bonds is 4. The summed E-state index contributed by atoms with van der Waals surface area (Å²) in [5, 5.41) is 8.91. The predicted octanol–water partition coefficient (Wildman–Crippen LogP) is 4.37. The van der Waals surface area contributed by atoms with Crippen LogP contribution in [0, 0.1) is 25.5 Å². The Morgan fingerprint density at radius 2 is 1.45 bits per heavy atom. The summed E-state index contributed by atoms with van der Waals surface area (Å²) in [7, 11) is 0. The maximum absolute atomic E-state index is 13.8. The van der Waals surface area contributed by atoms with E-state index in [1.54, 1.807) is 0 Å². The summed E-state index contributed by atoms with van der Waals surface area (Å²) in [6.07, 6.45) is 0. The van der Waals surface area contributed by atoms with Crippen molar-refractivity contribution in [1.82, 2.24) is 0 Å². The van der Waals surface area contributed by atoms with E-state index >= 15 is 0 Å². The molecule has 0 aliphatic heterocycles. The average Bonchev–Trinajstić information content (AvgIpc) is 2.36. The van der Waals surface area contributed by atoms with Crippen molar-refractivity contribution in [2.75, 3.05) is 0 Å². The third-order valence-corrected chi connectivity index (χ3v) is 4.06. The third kappa shape index (κ3) is 3.58. The van der Waals surface area contributed by atoms with E-state index in [2.05, 4.69) is 6.07 Å². The van der Waals surface area contributed by atoms with E-state index < -0.39 is 11.6 Å². The molecule has 1 N–H and O–H groups in total. The molecule has 0 radical (unpaired) electrons. The lowest BCUT2D eigenvalue weighted by Gasteiger charge is -2.08. The second-order valence-electron chi connectivity index (χ2n) is 4.83. The van der Waals surface area contributed by atoms with Gasteiger partial charge in [0.15, 0.2) is 0 Å². The first-order chi connectivity index (χ1) is 9.49. The third-order valence-electron chi connectivity index (χ3n) is 2.91. The fourth-order valence-electron chi connectivity index (χ4n) is 2.15. The average molecular weight is 294 g/mol. The highest BCUT2D eigenvalue weighted by Gasteiger charge is 2.12. The van der Waals surface area contributed by atoms with Crippen LogP contribution in [0.5, 0.6) is 0 Å². The monoisotopic (exact) mass is 294 g/mol. The van der Waals surface area contributed by atoms with E-state index in [4.69, 9.17) is 5.11 Å². The topological polar surface area (TPSA) is 20.2 Å². The van der Waals surface area contributed by atoms with Gasteiger partial charge in [0.1, 0.15) is 11.6 Å². The first-order valence-electron chi connectivity index (χ1n) is 6.28. The molecule has 0 amide bonds. The van der Waals surface area contributed by atoms with Crippen molar-refractivity contribution in [3.05, 3.63) is 64.2 Å². The van der Waals surface area contributed by atoms with Crippen LogP contribution >= 0.6 is 11.8 Å². The summed E-state index contributed by atoms with van der Waals surface area (Å²) < 4.78 is 27.6. The summed E-state index contributed by atoms with van der Waals surface area (Å²) in [6.45, 7) is 3.63. The van der Waals surface area contributed by atoms with E-state index in [0.717, 1.165) is 28.5 Å². The molecule has 0 unspecified atom stereocenters. The van der Waals surface area contributed by atoms with Gasteiger partial charge in [-0.05, 0) is 37.1 Å². The number of aliphatic hydroxyl groups excluding tert-OH is 1. The second-order valence-corrected chi connectivity index (χ2v) is 5.82. The molecule has 0 saturated heterocycles. The number of hydrogen-bond donors (Lipinski definition) is 1. The van der Waals surface area contributed by atoms with Crippen molar-refractivity contribution in [2.24, 2.45) is 0 Å². The predicted molar refractivity (Wildman–Crippen MR) is 77.8 cm³/mol. The molecule has 2 aromatic carbocycles. The quantitative estimate of drug-likeness (QED) is 0.845. The zero-order chi connectivity index (χ0) is 14.7. The maximum Gasteiger partial charge on any atom is 0.140 e. The molecule has 1 nitrogen and oxygen atoms in total. The summed E-state index contributed by atoms with van der Waals surface area (Å²) in [5.41, 5.74) is 3.56. The number of aliphatic hydroxyl groups is 1. The van der Waals surface area contributed by atoms with Crippen LogP contribution in [-0.4, -0.2) is 5.11 Å². The molecule has 0 spiro atoms. The van der Waals surface area contributed by atoms with Gasteiger partial charge >= 0.3 is 0 Å². The van der Waals surface area contributed by atoms with Crippen LogP contribution < -0.4 is 0 Å². The first-order valence-corrected chi connectivity index (χ1v) is 7.27. The molecule has 0 heterocycles.